The summed E-state index contributed by atoms with van der Waals surface area (Å²) in [5.74, 6) is 1.10. The largest absolute Gasteiger partial charge is 0.489 e. The van der Waals surface area contributed by atoms with Crippen molar-refractivity contribution in [3.63, 3.8) is 0 Å². The molecule has 1 aromatic rings. The highest BCUT2D eigenvalue weighted by Gasteiger charge is 2.58. The molecule has 1 saturated carbocycles. The van der Waals surface area contributed by atoms with E-state index in [1.807, 2.05) is 0 Å². The highest BCUT2D eigenvalue weighted by atomic mass is 16.5. The zero-order valence-corrected chi connectivity index (χ0v) is 9.32. The van der Waals surface area contributed by atoms with Gasteiger partial charge in [0.2, 0.25) is 0 Å². The second kappa shape index (κ2) is 3.01. The summed E-state index contributed by atoms with van der Waals surface area (Å²) in [6, 6.07) is 8.54. The number of para-hydroxylation sites is 1. The van der Waals surface area contributed by atoms with Gasteiger partial charge in [-0.2, -0.15) is 0 Å². The molecule has 0 aromatic heterocycles. The molecule has 2 fully saturated rings. The smallest absolute Gasteiger partial charge is 0.123 e. The van der Waals surface area contributed by atoms with Crippen LogP contribution in [0.25, 0.3) is 0 Å². The average Bonchev–Trinajstić information content (AvgIpc) is 2.87. The van der Waals surface area contributed by atoms with Crippen LogP contribution in [-0.2, 0) is 10.2 Å². The van der Waals surface area contributed by atoms with E-state index in [1.165, 1.54) is 24.8 Å². The molecule has 84 valence electrons. The van der Waals surface area contributed by atoms with Crippen molar-refractivity contribution in [2.45, 2.75) is 43.3 Å². The van der Waals surface area contributed by atoms with Crippen molar-refractivity contribution in [2.75, 3.05) is 6.61 Å². The highest BCUT2D eigenvalue weighted by molar-refractivity contribution is 5.47. The zero-order valence-electron chi connectivity index (χ0n) is 9.32. The first-order valence-electron chi connectivity index (χ1n) is 6.29. The summed E-state index contributed by atoms with van der Waals surface area (Å²) < 4.78 is 12.1. The molecule has 2 heteroatoms. The van der Waals surface area contributed by atoms with E-state index in [9.17, 15) is 0 Å². The predicted octanol–water partition coefficient (Wildman–Crippen LogP) is 2.66. The third-order valence-electron chi connectivity index (χ3n) is 4.57. The molecule has 3 atom stereocenters. The minimum atomic E-state index is 0.189. The molecule has 0 unspecified atom stereocenters. The third-order valence-corrected chi connectivity index (χ3v) is 4.57. The van der Waals surface area contributed by atoms with Crippen LogP contribution in [0.5, 0.6) is 5.75 Å². The number of rotatable bonds is 0. The Bertz CT molecular complexity index is 428. The zero-order chi connectivity index (χ0) is 10.6. The summed E-state index contributed by atoms with van der Waals surface area (Å²) in [5.41, 5.74) is 1.59. The Hall–Kier alpha value is -1.02. The topological polar surface area (TPSA) is 18.5 Å². The first-order chi connectivity index (χ1) is 7.91. The lowest BCUT2D eigenvalue weighted by atomic mass is 9.66. The van der Waals surface area contributed by atoms with E-state index in [1.54, 1.807) is 0 Å². The van der Waals surface area contributed by atoms with Crippen LogP contribution < -0.4 is 4.74 Å². The van der Waals surface area contributed by atoms with Crippen molar-refractivity contribution < 1.29 is 9.47 Å². The van der Waals surface area contributed by atoms with Crippen LogP contribution in [0, 0.1) is 0 Å². The Labute approximate surface area is 95.6 Å². The van der Waals surface area contributed by atoms with Gasteiger partial charge in [0.25, 0.3) is 0 Å². The van der Waals surface area contributed by atoms with E-state index >= 15 is 0 Å². The van der Waals surface area contributed by atoms with Gasteiger partial charge in [0.05, 0.1) is 11.5 Å². The number of hydrogen-bond acceptors (Lipinski definition) is 2. The van der Waals surface area contributed by atoms with Gasteiger partial charge in [-0.1, -0.05) is 18.2 Å². The normalized spacial score (nSPS) is 39.8. The molecule has 16 heavy (non-hydrogen) atoms. The fraction of sp³-hybridized carbons (Fsp3) is 0.571. The molecular formula is C14H16O2. The highest BCUT2D eigenvalue weighted by Crippen LogP contribution is 2.55. The summed E-state index contributed by atoms with van der Waals surface area (Å²) in [6.45, 7) is 0.902. The van der Waals surface area contributed by atoms with Crippen molar-refractivity contribution in [1.82, 2.24) is 0 Å². The standard InChI is InChI=1S/C14H16O2/c1-2-5-11-10(4-1)14-8-9-15-12(14)6-3-7-13(14)16-11/h1-2,4-5,12-13H,3,6-9H2/t12-,13-,14+/m0/s1. The van der Waals surface area contributed by atoms with Gasteiger partial charge in [-0.3, -0.25) is 0 Å². The van der Waals surface area contributed by atoms with Gasteiger partial charge in [0, 0.05) is 12.2 Å². The van der Waals surface area contributed by atoms with Crippen LogP contribution in [0.3, 0.4) is 0 Å². The van der Waals surface area contributed by atoms with E-state index in [0.717, 1.165) is 18.8 Å². The van der Waals surface area contributed by atoms with E-state index in [0.29, 0.717) is 12.2 Å². The lowest BCUT2D eigenvalue weighted by Gasteiger charge is -2.38. The molecule has 1 saturated heterocycles. The first kappa shape index (κ1) is 9.06. The van der Waals surface area contributed by atoms with Gasteiger partial charge < -0.3 is 9.47 Å². The molecule has 1 aromatic carbocycles. The molecule has 1 aliphatic carbocycles. The fourth-order valence-corrected chi connectivity index (χ4v) is 3.89. The molecule has 0 amide bonds. The Kier molecular flexibility index (Phi) is 1.70. The van der Waals surface area contributed by atoms with Crippen LogP contribution in [0.15, 0.2) is 24.3 Å². The molecule has 0 radical (unpaired) electrons. The second-order valence-corrected chi connectivity index (χ2v) is 5.18. The number of benzene rings is 1. The minimum Gasteiger partial charge on any atom is -0.489 e. The summed E-state index contributed by atoms with van der Waals surface area (Å²) in [5, 5.41) is 0. The molecule has 2 nitrogen and oxygen atoms in total. The van der Waals surface area contributed by atoms with E-state index < -0.39 is 0 Å². The van der Waals surface area contributed by atoms with Crippen molar-refractivity contribution >= 4 is 0 Å². The Morgan fingerprint density at radius 1 is 1.12 bits per heavy atom. The van der Waals surface area contributed by atoms with Crippen molar-refractivity contribution in [2.24, 2.45) is 0 Å². The number of hydrogen-bond donors (Lipinski definition) is 0. The average molecular weight is 216 g/mol. The Morgan fingerprint density at radius 3 is 3.00 bits per heavy atom. The van der Waals surface area contributed by atoms with Gasteiger partial charge in [-0.25, -0.2) is 0 Å². The lowest BCUT2D eigenvalue weighted by Crippen LogP contribution is -2.47. The minimum absolute atomic E-state index is 0.189. The molecule has 3 aliphatic rings. The van der Waals surface area contributed by atoms with Gasteiger partial charge >= 0.3 is 0 Å². The quantitative estimate of drug-likeness (QED) is 0.663. The maximum Gasteiger partial charge on any atom is 0.123 e. The van der Waals surface area contributed by atoms with Crippen LogP contribution in [-0.4, -0.2) is 18.8 Å². The van der Waals surface area contributed by atoms with Crippen LogP contribution in [0.1, 0.15) is 31.2 Å². The molecule has 2 heterocycles. The van der Waals surface area contributed by atoms with Gasteiger partial charge in [0.15, 0.2) is 0 Å². The molecule has 0 N–H and O–H groups in total. The predicted molar refractivity (Wildman–Crippen MR) is 60.7 cm³/mol. The van der Waals surface area contributed by atoms with Gasteiger partial charge in [-0.15, -0.1) is 0 Å². The van der Waals surface area contributed by atoms with Gasteiger partial charge in [0.1, 0.15) is 11.9 Å². The number of ether oxygens (including phenoxy) is 2. The summed E-state index contributed by atoms with van der Waals surface area (Å²) in [4.78, 5) is 0. The SMILES string of the molecule is c1ccc2c(c1)O[C@H]1CCC[C@@H]3OCC[C@@]231. The third kappa shape index (κ3) is 0.921. The van der Waals surface area contributed by atoms with Crippen LogP contribution in [0.2, 0.25) is 0 Å². The lowest BCUT2D eigenvalue weighted by molar-refractivity contribution is 0.00637. The summed E-state index contributed by atoms with van der Waals surface area (Å²) in [7, 11) is 0. The molecule has 1 spiro atoms. The van der Waals surface area contributed by atoms with Crippen molar-refractivity contribution in [1.29, 1.82) is 0 Å². The van der Waals surface area contributed by atoms with E-state index in [4.69, 9.17) is 9.47 Å². The molecule has 2 aliphatic heterocycles. The molecule has 0 bridgehead atoms. The van der Waals surface area contributed by atoms with Gasteiger partial charge in [-0.05, 0) is 31.7 Å². The van der Waals surface area contributed by atoms with Crippen molar-refractivity contribution in [3.05, 3.63) is 29.8 Å². The van der Waals surface area contributed by atoms with Crippen molar-refractivity contribution in [3.8, 4) is 5.75 Å². The van der Waals surface area contributed by atoms with E-state index in [-0.39, 0.29) is 5.41 Å². The maximum atomic E-state index is 6.14. The van der Waals surface area contributed by atoms with E-state index in [2.05, 4.69) is 24.3 Å². The monoisotopic (exact) mass is 216 g/mol. The summed E-state index contributed by atoms with van der Waals surface area (Å²) >= 11 is 0. The molecule has 4 rings (SSSR count). The Morgan fingerprint density at radius 2 is 2.00 bits per heavy atom. The summed E-state index contributed by atoms with van der Waals surface area (Å²) in [6.07, 6.45) is 5.54. The van der Waals surface area contributed by atoms with Crippen LogP contribution in [0.4, 0.5) is 0 Å². The second-order valence-electron chi connectivity index (χ2n) is 5.18. The van der Waals surface area contributed by atoms with Crippen LogP contribution >= 0.6 is 0 Å². The number of fused-ring (bicyclic) bond motifs is 1. The Balaban J connectivity index is 1.91. The molecular weight excluding hydrogens is 200 g/mol. The maximum absolute atomic E-state index is 6.14. The fourth-order valence-electron chi connectivity index (χ4n) is 3.89. The first-order valence-corrected chi connectivity index (χ1v) is 6.29.